The Labute approximate surface area is 194 Å². The van der Waals surface area contributed by atoms with Gasteiger partial charge in [-0.05, 0) is 46.0 Å². The number of thiophene rings is 1. The van der Waals surface area contributed by atoms with Crippen LogP contribution in [0.3, 0.4) is 0 Å². The molecular formula is C24H23FN4OS2. The second-order valence-electron chi connectivity index (χ2n) is 7.40. The van der Waals surface area contributed by atoms with E-state index in [4.69, 9.17) is 0 Å². The van der Waals surface area contributed by atoms with Crippen molar-refractivity contribution < 1.29 is 9.18 Å². The number of aromatic nitrogens is 3. The summed E-state index contributed by atoms with van der Waals surface area (Å²) in [6.45, 7) is 0. The number of nitrogens with one attached hydrogen (secondary N) is 1. The molecular weight excluding hydrogens is 443 g/mol. The first-order chi connectivity index (χ1) is 15.6. The van der Waals surface area contributed by atoms with E-state index in [0.717, 1.165) is 11.1 Å². The maximum atomic E-state index is 14.0. The third-order valence-electron chi connectivity index (χ3n) is 5.06. The summed E-state index contributed by atoms with van der Waals surface area (Å²) in [7, 11) is 1.88. The summed E-state index contributed by atoms with van der Waals surface area (Å²) in [6.07, 6.45) is 0.918. The number of nitrogens with zero attached hydrogens (tertiary/aromatic N) is 3. The topological polar surface area (TPSA) is 59.8 Å². The van der Waals surface area contributed by atoms with Crippen molar-refractivity contribution >= 4 is 29.0 Å². The minimum atomic E-state index is -0.330. The van der Waals surface area contributed by atoms with E-state index < -0.39 is 0 Å². The maximum absolute atomic E-state index is 14.0. The summed E-state index contributed by atoms with van der Waals surface area (Å²) in [5.41, 5.74) is 2.70. The van der Waals surface area contributed by atoms with Gasteiger partial charge in [0.05, 0.1) is 12.5 Å². The monoisotopic (exact) mass is 466 g/mol. The smallest absolute Gasteiger partial charge is 0.225 e. The number of hydrogen-bond donors (Lipinski definition) is 1. The van der Waals surface area contributed by atoms with Crippen molar-refractivity contribution in [2.75, 3.05) is 0 Å². The fourth-order valence-electron chi connectivity index (χ4n) is 3.39. The van der Waals surface area contributed by atoms with Gasteiger partial charge in [0.2, 0.25) is 5.91 Å². The molecule has 2 heterocycles. The lowest BCUT2D eigenvalue weighted by Crippen LogP contribution is -2.32. The Bertz CT molecular complexity index is 1160. The summed E-state index contributed by atoms with van der Waals surface area (Å²) in [4.78, 5) is 12.7. The second kappa shape index (κ2) is 10.6. The Morgan fingerprint density at radius 3 is 2.62 bits per heavy atom. The summed E-state index contributed by atoms with van der Waals surface area (Å²) < 4.78 is 15.8. The number of rotatable bonds is 9. The van der Waals surface area contributed by atoms with Crippen LogP contribution in [0, 0.1) is 5.82 Å². The number of hydrogen-bond acceptors (Lipinski definition) is 5. The van der Waals surface area contributed by atoms with E-state index in [1.165, 1.54) is 17.8 Å². The number of thioether (sulfide) groups is 1. The van der Waals surface area contributed by atoms with Gasteiger partial charge < -0.3 is 9.88 Å². The van der Waals surface area contributed by atoms with Crippen LogP contribution in [0.1, 0.15) is 28.6 Å². The van der Waals surface area contributed by atoms with Crippen LogP contribution in [0.4, 0.5) is 4.39 Å². The summed E-state index contributed by atoms with van der Waals surface area (Å²) in [5, 5.41) is 16.4. The molecule has 32 heavy (non-hydrogen) atoms. The third kappa shape index (κ3) is 5.63. The molecule has 1 unspecified atom stereocenters. The fourth-order valence-corrected chi connectivity index (χ4v) is 4.97. The van der Waals surface area contributed by atoms with E-state index >= 15 is 0 Å². The molecule has 0 radical (unpaired) electrons. The summed E-state index contributed by atoms with van der Waals surface area (Å²) in [5.74, 6) is 0.827. The third-order valence-corrected chi connectivity index (χ3v) is 6.86. The first-order valence-corrected chi connectivity index (χ1v) is 12.1. The van der Waals surface area contributed by atoms with E-state index in [1.54, 1.807) is 23.5 Å². The van der Waals surface area contributed by atoms with Crippen molar-refractivity contribution in [2.45, 2.75) is 29.8 Å². The van der Waals surface area contributed by atoms with Crippen molar-refractivity contribution in [2.24, 2.45) is 7.05 Å². The van der Waals surface area contributed by atoms with Crippen molar-refractivity contribution in [1.29, 1.82) is 0 Å². The Kier molecular flexibility index (Phi) is 7.34. The van der Waals surface area contributed by atoms with Gasteiger partial charge >= 0.3 is 0 Å². The zero-order valence-electron chi connectivity index (χ0n) is 17.6. The highest BCUT2D eigenvalue weighted by atomic mass is 32.2. The van der Waals surface area contributed by atoms with Crippen LogP contribution in [-0.2, 0) is 30.4 Å². The van der Waals surface area contributed by atoms with Gasteiger partial charge in [-0.3, -0.25) is 4.79 Å². The van der Waals surface area contributed by atoms with Gasteiger partial charge in [0.1, 0.15) is 5.82 Å². The normalized spacial score (nSPS) is 11.9. The molecule has 4 aromatic rings. The van der Waals surface area contributed by atoms with Crippen LogP contribution in [-0.4, -0.2) is 20.7 Å². The Morgan fingerprint density at radius 1 is 1.09 bits per heavy atom. The van der Waals surface area contributed by atoms with Crippen LogP contribution >= 0.6 is 23.1 Å². The quantitative estimate of drug-likeness (QED) is 0.355. The lowest BCUT2D eigenvalue weighted by molar-refractivity contribution is -0.121. The number of amides is 1. The van der Waals surface area contributed by atoms with Crippen LogP contribution in [0.2, 0.25) is 0 Å². The number of carbonyl (C=O) groups excluding carboxylic acids is 1. The SMILES string of the molecule is Cn1c(SCc2ccccc2F)nnc1C(Cc1ccccc1)NC(=O)Cc1ccsc1. The van der Waals surface area contributed by atoms with Crippen LogP contribution in [0.15, 0.2) is 76.6 Å². The van der Waals surface area contributed by atoms with Gasteiger partial charge in [0.15, 0.2) is 11.0 Å². The highest BCUT2D eigenvalue weighted by Crippen LogP contribution is 2.25. The van der Waals surface area contributed by atoms with Gasteiger partial charge in [-0.1, -0.05) is 60.3 Å². The molecule has 2 aromatic carbocycles. The minimum absolute atomic E-state index is 0.0621. The predicted octanol–water partition coefficient (Wildman–Crippen LogP) is 4.95. The summed E-state index contributed by atoms with van der Waals surface area (Å²) in [6, 6.07) is 18.3. The van der Waals surface area contributed by atoms with E-state index in [2.05, 4.69) is 15.5 Å². The van der Waals surface area contributed by atoms with Crippen molar-refractivity contribution in [1.82, 2.24) is 20.1 Å². The van der Waals surface area contributed by atoms with Gasteiger partial charge in [0, 0.05) is 12.8 Å². The van der Waals surface area contributed by atoms with Crippen LogP contribution < -0.4 is 5.32 Å². The lowest BCUT2D eigenvalue weighted by Gasteiger charge is -2.18. The van der Waals surface area contributed by atoms with Crippen LogP contribution in [0.25, 0.3) is 0 Å². The first-order valence-electron chi connectivity index (χ1n) is 10.2. The lowest BCUT2D eigenvalue weighted by atomic mass is 10.0. The molecule has 1 N–H and O–H groups in total. The second-order valence-corrected chi connectivity index (χ2v) is 9.12. The van der Waals surface area contributed by atoms with E-state index in [0.29, 0.717) is 35.1 Å². The zero-order valence-corrected chi connectivity index (χ0v) is 19.2. The number of carbonyl (C=O) groups is 1. The van der Waals surface area contributed by atoms with Gasteiger partial charge in [-0.25, -0.2) is 4.39 Å². The summed E-state index contributed by atoms with van der Waals surface area (Å²) >= 11 is 2.99. The molecule has 4 rings (SSSR count). The average molecular weight is 467 g/mol. The molecule has 0 spiro atoms. The van der Waals surface area contributed by atoms with Gasteiger partial charge in [0.25, 0.3) is 0 Å². The molecule has 0 fully saturated rings. The van der Waals surface area contributed by atoms with Crippen molar-refractivity contribution in [3.8, 4) is 0 Å². The highest BCUT2D eigenvalue weighted by molar-refractivity contribution is 7.98. The minimum Gasteiger partial charge on any atom is -0.345 e. The number of benzene rings is 2. The molecule has 164 valence electrons. The largest absolute Gasteiger partial charge is 0.345 e. The average Bonchev–Trinajstić information content (AvgIpc) is 3.43. The molecule has 5 nitrogen and oxygen atoms in total. The molecule has 2 aromatic heterocycles. The standard InChI is InChI=1S/C24H23FN4OS2/c1-29-23(27-28-24(29)32-16-19-9-5-6-10-20(19)25)21(13-17-7-3-2-4-8-17)26-22(30)14-18-11-12-31-15-18/h2-12,15,21H,13-14,16H2,1H3,(H,26,30). The van der Waals surface area contributed by atoms with Gasteiger partial charge in [-0.15, -0.1) is 10.2 Å². The molecule has 1 amide bonds. The van der Waals surface area contributed by atoms with Crippen molar-refractivity contribution in [3.05, 3.63) is 99.8 Å². The molecule has 0 aliphatic rings. The van der Waals surface area contributed by atoms with Crippen molar-refractivity contribution in [3.63, 3.8) is 0 Å². The molecule has 8 heteroatoms. The molecule has 0 bridgehead atoms. The highest BCUT2D eigenvalue weighted by Gasteiger charge is 2.22. The fraction of sp³-hybridized carbons (Fsp3) is 0.208. The van der Waals surface area contributed by atoms with E-state index in [9.17, 15) is 9.18 Å². The number of halogens is 1. The Hall–Kier alpha value is -2.97. The molecule has 1 atom stereocenters. The van der Waals surface area contributed by atoms with Crippen LogP contribution in [0.5, 0.6) is 0 Å². The zero-order chi connectivity index (χ0) is 22.3. The molecule has 0 saturated carbocycles. The van der Waals surface area contributed by atoms with E-state index in [-0.39, 0.29) is 17.8 Å². The molecule has 0 aliphatic heterocycles. The Morgan fingerprint density at radius 2 is 1.88 bits per heavy atom. The molecule has 0 aliphatic carbocycles. The Balaban J connectivity index is 1.52. The van der Waals surface area contributed by atoms with Gasteiger partial charge in [-0.2, -0.15) is 11.3 Å². The molecule has 0 saturated heterocycles. The van der Waals surface area contributed by atoms with E-state index in [1.807, 2.05) is 64.8 Å². The predicted molar refractivity (Wildman–Crippen MR) is 126 cm³/mol. The first kappa shape index (κ1) is 22.2. The maximum Gasteiger partial charge on any atom is 0.225 e.